The molecule has 1 aliphatic heterocycles. The lowest BCUT2D eigenvalue weighted by Crippen LogP contribution is -2.35. The summed E-state index contributed by atoms with van der Waals surface area (Å²) < 4.78 is 6.88. The molecule has 0 spiro atoms. The minimum atomic E-state index is 0.222. The molecule has 0 unspecified atom stereocenters. The first kappa shape index (κ1) is 20.7. The highest BCUT2D eigenvalue weighted by atomic mass is 79.9. The van der Waals surface area contributed by atoms with Gasteiger partial charge in [0, 0.05) is 16.0 Å². The van der Waals surface area contributed by atoms with Crippen LogP contribution in [-0.4, -0.2) is 30.6 Å². The number of benzene rings is 2. The van der Waals surface area contributed by atoms with Crippen molar-refractivity contribution < 1.29 is 4.74 Å². The van der Waals surface area contributed by atoms with Crippen LogP contribution in [-0.2, 0) is 12.8 Å². The lowest BCUT2D eigenvalue weighted by Gasteiger charge is -2.32. The van der Waals surface area contributed by atoms with Gasteiger partial charge < -0.3 is 9.64 Å². The van der Waals surface area contributed by atoms with Gasteiger partial charge in [-0.3, -0.25) is 0 Å². The van der Waals surface area contributed by atoms with Crippen LogP contribution in [0.4, 0.5) is 0 Å². The van der Waals surface area contributed by atoms with Crippen LogP contribution in [0.25, 0.3) is 0 Å². The number of likely N-dealkylation sites (tertiary alicyclic amines) is 1. The fourth-order valence-corrected chi connectivity index (χ4v) is 4.74. The molecule has 2 aromatic carbocycles. The molecule has 0 atom stereocenters. The van der Waals surface area contributed by atoms with E-state index in [0.29, 0.717) is 0 Å². The summed E-state index contributed by atoms with van der Waals surface area (Å²) in [6.07, 6.45) is 4.96. The SMILES string of the molecule is CC(C)Oc1cccc(CCN2CCC(Cc3cc(Cl)cc(Br)c3)CC2)c1. The topological polar surface area (TPSA) is 12.5 Å². The molecule has 2 nitrogen and oxygen atoms in total. The summed E-state index contributed by atoms with van der Waals surface area (Å²) in [7, 11) is 0. The summed E-state index contributed by atoms with van der Waals surface area (Å²) in [4.78, 5) is 2.60. The zero-order valence-corrected chi connectivity index (χ0v) is 18.6. The molecule has 1 fully saturated rings. The average Bonchev–Trinajstić information content (AvgIpc) is 2.60. The lowest BCUT2D eigenvalue weighted by molar-refractivity contribution is 0.186. The molecular weight excluding hydrogens is 422 g/mol. The average molecular weight is 451 g/mol. The van der Waals surface area contributed by atoms with Gasteiger partial charge in [0.2, 0.25) is 0 Å². The highest BCUT2D eigenvalue weighted by molar-refractivity contribution is 9.10. The maximum Gasteiger partial charge on any atom is 0.119 e. The van der Waals surface area contributed by atoms with Crippen molar-refractivity contribution in [3.63, 3.8) is 0 Å². The molecule has 1 aliphatic rings. The molecule has 0 aromatic heterocycles. The highest BCUT2D eigenvalue weighted by Crippen LogP contribution is 2.26. The molecule has 1 saturated heterocycles. The minimum Gasteiger partial charge on any atom is -0.491 e. The molecule has 3 rings (SSSR count). The van der Waals surface area contributed by atoms with Crippen molar-refractivity contribution in [1.82, 2.24) is 4.90 Å². The molecule has 0 amide bonds. The smallest absolute Gasteiger partial charge is 0.119 e. The first-order chi connectivity index (χ1) is 13.0. The van der Waals surface area contributed by atoms with Gasteiger partial charge in [0.05, 0.1) is 6.10 Å². The van der Waals surface area contributed by atoms with E-state index in [2.05, 4.69) is 65.0 Å². The van der Waals surface area contributed by atoms with Crippen molar-refractivity contribution >= 4 is 27.5 Å². The second-order valence-corrected chi connectivity index (χ2v) is 9.18. The normalized spacial score (nSPS) is 16.0. The van der Waals surface area contributed by atoms with Crippen LogP contribution in [0.5, 0.6) is 5.75 Å². The van der Waals surface area contributed by atoms with E-state index in [0.717, 1.165) is 40.5 Å². The van der Waals surface area contributed by atoms with Crippen LogP contribution in [0.1, 0.15) is 37.8 Å². The van der Waals surface area contributed by atoms with Gasteiger partial charge in [-0.25, -0.2) is 0 Å². The van der Waals surface area contributed by atoms with Gasteiger partial charge >= 0.3 is 0 Å². The van der Waals surface area contributed by atoms with Crippen molar-refractivity contribution in [1.29, 1.82) is 0 Å². The van der Waals surface area contributed by atoms with Crippen LogP contribution >= 0.6 is 27.5 Å². The number of hydrogen-bond acceptors (Lipinski definition) is 2. The molecule has 0 saturated carbocycles. The first-order valence-electron chi connectivity index (χ1n) is 9.91. The Balaban J connectivity index is 1.44. The zero-order chi connectivity index (χ0) is 19.2. The van der Waals surface area contributed by atoms with Gasteiger partial charge in [-0.1, -0.05) is 39.7 Å². The Bertz CT molecular complexity index is 721. The summed E-state index contributed by atoms with van der Waals surface area (Å²) in [5, 5.41) is 0.820. The van der Waals surface area contributed by atoms with E-state index in [9.17, 15) is 0 Å². The predicted octanol–water partition coefficient (Wildman–Crippen LogP) is 6.39. The molecule has 1 heterocycles. The molecule has 0 N–H and O–H groups in total. The van der Waals surface area contributed by atoms with E-state index in [4.69, 9.17) is 16.3 Å². The summed E-state index contributed by atoms with van der Waals surface area (Å²) in [5.74, 6) is 1.74. The second-order valence-electron chi connectivity index (χ2n) is 7.83. The Hall–Kier alpha value is -1.03. The van der Waals surface area contributed by atoms with Crippen LogP contribution in [0.2, 0.25) is 5.02 Å². The van der Waals surface area contributed by atoms with Crippen molar-refractivity contribution in [2.24, 2.45) is 5.92 Å². The van der Waals surface area contributed by atoms with Gasteiger partial charge in [0.15, 0.2) is 0 Å². The monoisotopic (exact) mass is 449 g/mol. The quantitative estimate of drug-likeness (QED) is 0.485. The van der Waals surface area contributed by atoms with E-state index in [1.807, 2.05) is 12.1 Å². The minimum absolute atomic E-state index is 0.222. The maximum absolute atomic E-state index is 6.18. The van der Waals surface area contributed by atoms with E-state index < -0.39 is 0 Å². The van der Waals surface area contributed by atoms with Crippen molar-refractivity contribution in [2.75, 3.05) is 19.6 Å². The number of nitrogens with zero attached hydrogens (tertiary/aromatic N) is 1. The Morgan fingerprint density at radius 3 is 2.59 bits per heavy atom. The van der Waals surface area contributed by atoms with Crippen molar-refractivity contribution in [3.8, 4) is 5.75 Å². The number of hydrogen-bond donors (Lipinski definition) is 0. The number of rotatable bonds is 7. The Labute approximate surface area is 177 Å². The molecule has 0 radical (unpaired) electrons. The first-order valence-corrected chi connectivity index (χ1v) is 11.1. The Morgan fingerprint density at radius 2 is 1.89 bits per heavy atom. The fraction of sp³-hybridized carbons (Fsp3) is 0.478. The van der Waals surface area contributed by atoms with Crippen LogP contribution in [0.15, 0.2) is 46.9 Å². The molecule has 0 aliphatic carbocycles. The van der Waals surface area contributed by atoms with Gasteiger partial charge in [-0.2, -0.15) is 0 Å². The molecule has 4 heteroatoms. The van der Waals surface area contributed by atoms with Gasteiger partial charge in [-0.15, -0.1) is 0 Å². The predicted molar refractivity (Wildman–Crippen MR) is 118 cm³/mol. The van der Waals surface area contributed by atoms with E-state index in [1.54, 1.807) is 0 Å². The standard InChI is InChI=1S/C23H29BrClNO/c1-17(2)27-23-5-3-4-18(15-23)6-9-26-10-7-19(8-11-26)12-20-13-21(24)16-22(25)14-20/h3-5,13-17,19H,6-12H2,1-2H3. The Morgan fingerprint density at radius 1 is 1.11 bits per heavy atom. The Kier molecular flexibility index (Phi) is 7.63. The van der Waals surface area contributed by atoms with Gasteiger partial charge in [-0.05, 0) is 100.0 Å². The lowest BCUT2D eigenvalue weighted by atomic mass is 9.90. The van der Waals surface area contributed by atoms with Crippen LogP contribution in [0.3, 0.4) is 0 Å². The summed E-state index contributed by atoms with van der Waals surface area (Å²) in [5.41, 5.74) is 2.70. The molecule has 27 heavy (non-hydrogen) atoms. The van der Waals surface area contributed by atoms with E-state index in [-0.39, 0.29) is 6.10 Å². The number of ether oxygens (including phenoxy) is 1. The van der Waals surface area contributed by atoms with E-state index >= 15 is 0 Å². The van der Waals surface area contributed by atoms with Crippen LogP contribution in [0, 0.1) is 5.92 Å². The number of halogens is 2. The maximum atomic E-state index is 6.18. The summed E-state index contributed by atoms with van der Waals surface area (Å²) in [6.45, 7) is 7.64. The van der Waals surface area contributed by atoms with Crippen LogP contribution < -0.4 is 4.74 Å². The molecular formula is C23H29BrClNO. The highest BCUT2D eigenvalue weighted by Gasteiger charge is 2.19. The zero-order valence-electron chi connectivity index (χ0n) is 16.3. The largest absolute Gasteiger partial charge is 0.491 e. The van der Waals surface area contributed by atoms with Gasteiger partial charge in [0.25, 0.3) is 0 Å². The molecule has 0 bridgehead atoms. The van der Waals surface area contributed by atoms with Crippen molar-refractivity contribution in [2.45, 2.75) is 45.6 Å². The summed E-state index contributed by atoms with van der Waals surface area (Å²) in [6, 6.07) is 14.8. The fourth-order valence-electron chi connectivity index (χ4n) is 3.81. The number of piperidine rings is 1. The third kappa shape index (κ3) is 6.81. The van der Waals surface area contributed by atoms with Crippen molar-refractivity contribution in [3.05, 3.63) is 63.1 Å². The molecule has 2 aromatic rings. The third-order valence-corrected chi connectivity index (χ3v) is 5.82. The van der Waals surface area contributed by atoms with E-state index in [1.165, 1.54) is 37.1 Å². The van der Waals surface area contributed by atoms with Gasteiger partial charge in [0.1, 0.15) is 5.75 Å². The third-order valence-electron chi connectivity index (χ3n) is 5.14. The molecule has 146 valence electrons. The second kappa shape index (κ2) is 9.95. The summed E-state index contributed by atoms with van der Waals surface area (Å²) >= 11 is 9.73.